The van der Waals surface area contributed by atoms with E-state index in [1.54, 1.807) is 11.3 Å². The van der Waals surface area contributed by atoms with Crippen molar-refractivity contribution in [1.82, 2.24) is 4.98 Å². The number of thiazole rings is 1. The third-order valence-electron chi connectivity index (χ3n) is 2.21. The highest BCUT2D eigenvalue weighted by atomic mass is 32.2. The summed E-state index contributed by atoms with van der Waals surface area (Å²) >= 11 is 3.79. The Morgan fingerprint density at radius 1 is 1.62 bits per heavy atom. The molecule has 13 heavy (non-hydrogen) atoms. The van der Waals surface area contributed by atoms with Crippen LogP contribution in [0.4, 0.5) is 0 Å². The fourth-order valence-electron chi connectivity index (χ4n) is 1.47. The largest absolute Gasteiger partial charge is 0.396 e. The van der Waals surface area contributed by atoms with Crippen molar-refractivity contribution in [1.29, 1.82) is 0 Å². The van der Waals surface area contributed by atoms with Gasteiger partial charge in [-0.1, -0.05) is 0 Å². The summed E-state index contributed by atoms with van der Waals surface area (Å²) in [6.07, 6.45) is 3.95. The van der Waals surface area contributed by atoms with Crippen LogP contribution in [0.15, 0.2) is 6.20 Å². The van der Waals surface area contributed by atoms with Gasteiger partial charge < -0.3 is 5.11 Å². The lowest BCUT2D eigenvalue weighted by molar-refractivity contribution is 0.300. The van der Waals surface area contributed by atoms with Gasteiger partial charge in [-0.15, -0.1) is 11.3 Å². The molecule has 0 bridgehead atoms. The molecule has 72 valence electrons. The van der Waals surface area contributed by atoms with Crippen LogP contribution >= 0.6 is 23.1 Å². The second-order valence-electron chi connectivity index (χ2n) is 3.20. The van der Waals surface area contributed by atoms with E-state index in [1.165, 1.54) is 27.8 Å². The molecule has 1 aromatic heterocycles. The summed E-state index contributed by atoms with van der Waals surface area (Å²) in [6.45, 7) is 0.237. The molecule has 0 spiro atoms. The fourth-order valence-corrected chi connectivity index (χ4v) is 3.84. The lowest BCUT2D eigenvalue weighted by Gasteiger charge is -2.01. The number of hydrogen-bond acceptors (Lipinski definition) is 4. The maximum absolute atomic E-state index is 8.77. The van der Waals surface area contributed by atoms with Crippen LogP contribution in [0, 0.1) is 0 Å². The van der Waals surface area contributed by atoms with Crippen molar-refractivity contribution in [3.05, 3.63) is 16.1 Å². The van der Waals surface area contributed by atoms with Crippen molar-refractivity contribution in [2.45, 2.75) is 18.8 Å². The van der Waals surface area contributed by atoms with E-state index in [0.717, 1.165) is 6.42 Å². The Morgan fingerprint density at radius 3 is 3.23 bits per heavy atom. The lowest BCUT2D eigenvalue weighted by Crippen LogP contribution is -1.93. The molecule has 2 nitrogen and oxygen atoms in total. The van der Waals surface area contributed by atoms with Crippen LogP contribution in [-0.4, -0.2) is 28.2 Å². The smallest absolute Gasteiger partial charge is 0.0967 e. The molecule has 0 saturated carbocycles. The molecule has 1 atom stereocenters. The Hall–Kier alpha value is -0.0600. The van der Waals surface area contributed by atoms with Gasteiger partial charge in [0.15, 0.2) is 0 Å². The number of rotatable bonds is 3. The van der Waals surface area contributed by atoms with Crippen molar-refractivity contribution < 1.29 is 5.11 Å². The second kappa shape index (κ2) is 4.44. The Morgan fingerprint density at radius 2 is 2.54 bits per heavy atom. The van der Waals surface area contributed by atoms with Gasteiger partial charge in [-0.3, -0.25) is 0 Å². The van der Waals surface area contributed by atoms with Crippen molar-refractivity contribution in [3.63, 3.8) is 0 Å². The van der Waals surface area contributed by atoms with Crippen molar-refractivity contribution in [2.75, 3.05) is 18.1 Å². The summed E-state index contributed by atoms with van der Waals surface area (Å²) in [5.74, 6) is 3.19. The molecule has 1 aliphatic rings. The molecule has 2 heterocycles. The molecule has 1 saturated heterocycles. The van der Waals surface area contributed by atoms with Crippen LogP contribution in [0.3, 0.4) is 0 Å². The molecular formula is C9H13NOS2. The van der Waals surface area contributed by atoms with E-state index in [1.807, 2.05) is 18.0 Å². The zero-order chi connectivity index (χ0) is 9.10. The van der Waals surface area contributed by atoms with Gasteiger partial charge in [-0.25, -0.2) is 4.98 Å². The first-order chi connectivity index (χ1) is 6.40. The molecule has 4 heteroatoms. The fraction of sp³-hybridized carbons (Fsp3) is 0.667. The Labute approximate surface area is 86.4 Å². The number of aromatic nitrogens is 1. The van der Waals surface area contributed by atoms with Crippen molar-refractivity contribution in [2.24, 2.45) is 0 Å². The third kappa shape index (κ3) is 2.24. The Balaban J connectivity index is 2.03. The summed E-state index contributed by atoms with van der Waals surface area (Å²) in [5, 5.41) is 10.0. The highest BCUT2D eigenvalue weighted by Gasteiger charge is 2.20. The summed E-state index contributed by atoms with van der Waals surface area (Å²) in [4.78, 5) is 5.63. The first-order valence-electron chi connectivity index (χ1n) is 4.53. The van der Waals surface area contributed by atoms with E-state index >= 15 is 0 Å². The lowest BCUT2D eigenvalue weighted by atomic mass is 10.1. The van der Waals surface area contributed by atoms with E-state index in [2.05, 4.69) is 4.98 Å². The van der Waals surface area contributed by atoms with Gasteiger partial charge in [-0.2, -0.15) is 11.8 Å². The molecule has 1 fully saturated rings. The maximum Gasteiger partial charge on any atom is 0.0967 e. The summed E-state index contributed by atoms with van der Waals surface area (Å²) in [5.41, 5.74) is 0. The average Bonchev–Trinajstić information content (AvgIpc) is 2.70. The summed E-state index contributed by atoms with van der Waals surface area (Å²) in [6, 6.07) is 0. The first kappa shape index (κ1) is 9.49. The van der Waals surface area contributed by atoms with Crippen LogP contribution in [-0.2, 0) is 6.42 Å². The van der Waals surface area contributed by atoms with E-state index in [-0.39, 0.29) is 6.61 Å². The molecule has 0 aromatic carbocycles. The van der Waals surface area contributed by atoms with Gasteiger partial charge in [0.05, 0.1) is 5.01 Å². The molecule has 0 radical (unpaired) electrons. The Kier molecular flexibility index (Phi) is 3.24. The number of hydrogen-bond donors (Lipinski definition) is 1. The topological polar surface area (TPSA) is 33.1 Å². The summed E-state index contributed by atoms with van der Waals surface area (Å²) < 4.78 is 0. The van der Waals surface area contributed by atoms with Crippen LogP contribution in [0.1, 0.15) is 22.2 Å². The van der Waals surface area contributed by atoms with Gasteiger partial charge in [0.25, 0.3) is 0 Å². The molecule has 2 rings (SSSR count). The third-order valence-corrected chi connectivity index (χ3v) is 4.59. The van der Waals surface area contributed by atoms with Crippen LogP contribution in [0.25, 0.3) is 0 Å². The number of nitrogens with zero attached hydrogens (tertiary/aromatic N) is 1. The van der Waals surface area contributed by atoms with Crippen LogP contribution in [0.5, 0.6) is 0 Å². The zero-order valence-electron chi connectivity index (χ0n) is 7.40. The molecular weight excluding hydrogens is 202 g/mol. The van der Waals surface area contributed by atoms with E-state index in [4.69, 9.17) is 5.11 Å². The molecule has 0 aliphatic carbocycles. The molecule has 1 aliphatic heterocycles. The normalized spacial score (nSPS) is 22.4. The van der Waals surface area contributed by atoms with Gasteiger partial charge >= 0.3 is 0 Å². The average molecular weight is 215 g/mol. The predicted molar refractivity (Wildman–Crippen MR) is 57.6 cm³/mol. The minimum absolute atomic E-state index is 0.237. The SMILES string of the molecule is OCCc1cnc(C2CCSC2)s1. The highest BCUT2D eigenvalue weighted by molar-refractivity contribution is 7.99. The minimum atomic E-state index is 0.237. The van der Waals surface area contributed by atoms with Crippen molar-refractivity contribution in [3.8, 4) is 0 Å². The monoisotopic (exact) mass is 215 g/mol. The molecule has 1 N–H and O–H groups in total. The summed E-state index contributed by atoms with van der Waals surface area (Å²) in [7, 11) is 0. The van der Waals surface area contributed by atoms with Crippen molar-refractivity contribution >= 4 is 23.1 Å². The van der Waals surface area contributed by atoms with Gasteiger partial charge in [0, 0.05) is 35.8 Å². The van der Waals surface area contributed by atoms with Crippen LogP contribution < -0.4 is 0 Å². The van der Waals surface area contributed by atoms with Gasteiger partial charge in [0.2, 0.25) is 0 Å². The van der Waals surface area contributed by atoms with E-state index < -0.39 is 0 Å². The standard InChI is InChI=1S/C9H13NOS2/c11-3-1-8-5-10-9(13-8)7-2-4-12-6-7/h5,7,11H,1-4,6H2. The molecule has 1 aromatic rings. The van der Waals surface area contributed by atoms with Crippen LogP contribution in [0.2, 0.25) is 0 Å². The Bertz CT molecular complexity index is 268. The van der Waals surface area contributed by atoms with E-state index in [9.17, 15) is 0 Å². The highest BCUT2D eigenvalue weighted by Crippen LogP contribution is 2.34. The first-order valence-corrected chi connectivity index (χ1v) is 6.50. The van der Waals surface area contributed by atoms with Gasteiger partial charge in [0.1, 0.15) is 0 Å². The minimum Gasteiger partial charge on any atom is -0.396 e. The molecule has 1 unspecified atom stereocenters. The number of thioether (sulfide) groups is 1. The van der Waals surface area contributed by atoms with Gasteiger partial charge in [-0.05, 0) is 12.2 Å². The quantitative estimate of drug-likeness (QED) is 0.836. The number of aliphatic hydroxyl groups excluding tert-OH is 1. The van der Waals surface area contributed by atoms with E-state index in [0.29, 0.717) is 5.92 Å². The zero-order valence-corrected chi connectivity index (χ0v) is 9.03. The molecule has 0 amide bonds. The number of aliphatic hydroxyl groups is 1. The predicted octanol–water partition coefficient (Wildman–Crippen LogP) is 1.90. The second-order valence-corrected chi connectivity index (χ2v) is 5.50. The maximum atomic E-state index is 8.77.